The van der Waals surface area contributed by atoms with Crippen molar-refractivity contribution in [2.24, 2.45) is 0 Å². The fourth-order valence-electron chi connectivity index (χ4n) is 4.14. The number of carboxylic acids is 1. The Labute approximate surface area is 192 Å². The van der Waals surface area contributed by atoms with Gasteiger partial charge in [-0.15, -0.1) is 0 Å². The first-order valence-electron chi connectivity index (χ1n) is 10.4. The van der Waals surface area contributed by atoms with Crippen LogP contribution < -0.4 is 5.73 Å². The predicted molar refractivity (Wildman–Crippen MR) is 107 cm³/mol. The van der Waals surface area contributed by atoms with E-state index in [1.54, 1.807) is 0 Å². The van der Waals surface area contributed by atoms with Crippen molar-refractivity contribution in [1.82, 2.24) is 19.7 Å². The summed E-state index contributed by atoms with van der Waals surface area (Å²) in [4.78, 5) is 17.0. The second kappa shape index (κ2) is 8.39. The summed E-state index contributed by atoms with van der Waals surface area (Å²) in [5.41, 5.74) is 7.90. The molecule has 4 N–H and O–H groups in total. The minimum atomic E-state index is -5.08. The molecule has 3 heterocycles. The van der Waals surface area contributed by atoms with E-state index in [2.05, 4.69) is 15.1 Å². The molecule has 0 bridgehead atoms. The number of hydrogen-bond acceptors (Lipinski definition) is 7. The molecule has 2 atom stereocenters. The quantitative estimate of drug-likeness (QED) is 0.437. The van der Waals surface area contributed by atoms with Gasteiger partial charge in [0.2, 0.25) is 0 Å². The standard InChI is InChI=1S/C18H18F3N5O2.C2HF3O2/c1-7(18(19,20)21)26-9-4-5-10(27)12-14(25-28-15(12)8-2-3-8)11(9)13-16(22)23-6-24-17(13)26;3-2(4,5)1(6)7/h6-8,10,27H,2-5H2,1H3,(H2,22,23,24);(H,6,7)/t7-,10-;/m0./s1. The number of aromatic nitrogens is 4. The van der Waals surface area contributed by atoms with Crippen LogP contribution in [-0.2, 0) is 11.2 Å². The van der Waals surface area contributed by atoms with Crippen molar-refractivity contribution < 1.29 is 45.9 Å². The summed E-state index contributed by atoms with van der Waals surface area (Å²) in [5, 5.41) is 22.3. The van der Waals surface area contributed by atoms with Crippen molar-refractivity contribution in [3.63, 3.8) is 0 Å². The summed E-state index contributed by atoms with van der Waals surface area (Å²) in [6, 6.07) is -1.82. The van der Waals surface area contributed by atoms with Crippen molar-refractivity contribution in [2.45, 2.75) is 63.0 Å². The van der Waals surface area contributed by atoms with Gasteiger partial charge < -0.3 is 25.0 Å². The van der Waals surface area contributed by atoms with Crippen LogP contribution in [-0.4, -0.2) is 48.2 Å². The van der Waals surface area contributed by atoms with Gasteiger partial charge in [0.25, 0.3) is 0 Å². The number of fused-ring (bicyclic) bond motifs is 5. The topological polar surface area (TPSA) is 140 Å². The van der Waals surface area contributed by atoms with E-state index in [4.69, 9.17) is 20.2 Å². The molecular formula is C20H19F6N5O4. The van der Waals surface area contributed by atoms with Gasteiger partial charge in [0.15, 0.2) is 0 Å². The Morgan fingerprint density at radius 1 is 1.20 bits per heavy atom. The average Bonchev–Trinajstić information content (AvgIpc) is 3.44. The Morgan fingerprint density at radius 3 is 2.37 bits per heavy atom. The first kappa shape index (κ1) is 24.8. The van der Waals surface area contributed by atoms with Crippen molar-refractivity contribution in [2.75, 3.05) is 5.73 Å². The Hall–Kier alpha value is -3.36. The molecule has 0 amide bonds. The van der Waals surface area contributed by atoms with Crippen LogP contribution in [0.5, 0.6) is 0 Å². The largest absolute Gasteiger partial charge is 0.490 e. The fourth-order valence-corrected chi connectivity index (χ4v) is 4.14. The normalized spacial score (nSPS) is 18.8. The van der Waals surface area contributed by atoms with E-state index in [9.17, 15) is 31.4 Å². The Morgan fingerprint density at radius 2 is 1.83 bits per heavy atom. The number of aliphatic hydroxyl groups excluding tert-OH is 1. The van der Waals surface area contributed by atoms with Crippen molar-refractivity contribution in [1.29, 1.82) is 0 Å². The molecule has 0 radical (unpaired) electrons. The molecular weight excluding hydrogens is 488 g/mol. The first-order chi connectivity index (χ1) is 16.2. The number of rotatable bonds is 2. The number of carbonyl (C=O) groups is 1. The monoisotopic (exact) mass is 507 g/mol. The molecule has 15 heteroatoms. The second-order valence-electron chi connectivity index (χ2n) is 8.31. The van der Waals surface area contributed by atoms with Crippen molar-refractivity contribution >= 4 is 22.8 Å². The Bertz CT molecular complexity index is 1280. The Balaban J connectivity index is 0.000000364. The molecule has 0 spiro atoms. The lowest BCUT2D eigenvalue weighted by Crippen LogP contribution is -2.25. The van der Waals surface area contributed by atoms with Crippen LogP contribution in [0.15, 0.2) is 10.9 Å². The van der Waals surface area contributed by atoms with E-state index >= 15 is 0 Å². The number of carboxylic acid groups (broad SMARTS) is 1. The lowest BCUT2D eigenvalue weighted by atomic mass is 10.0. The molecule has 9 nitrogen and oxygen atoms in total. The van der Waals surface area contributed by atoms with E-state index in [0.717, 1.165) is 30.7 Å². The Kier molecular flexibility index (Phi) is 5.93. The van der Waals surface area contributed by atoms with Crippen molar-refractivity contribution in [3.8, 4) is 11.3 Å². The SMILES string of the molecule is C[C@H](n1c2c(c3c(N)ncnc31)-c1noc(C3CC3)c1[C@@H](O)CC2)C(F)(F)F.O=C(O)C(F)(F)F. The molecule has 3 aromatic heterocycles. The number of aliphatic hydroxyl groups is 1. The summed E-state index contributed by atoms with van der Waals surface area (Å²) in [6.45, 7) is 1.08. The van der Waals surface area contributed by atoms with Crippen LogP contribution in [0, 0.1) is 0 Å². The third-order valence-corrected chi connectivity index (χ3v) is 5.95. The lowest BCUT2D eigenvalue weighted by molar-refractivity contribution is -0.192. The highest BCUT2D eigenvalue weighted by atomic mass is 19.4. The highest BCUT2D eigenvalue weighted by molar-refractivity contribution is 6.02. The number of nitrogens with zero attached hydrogens (tertiary/aromatic N) is 4. The molecule has 0 saturated heterocycles. The number of nitrogen functional groups attached to an aromatic ring is 1. The summed E-state index contributed by atoms with van der Waals surface area (Å²) in [7, 11) is 0. The van der Waals surface area contributed by atoms with Crippen LogP contribution in [0.25, 0.3) is 22.3 Å². The maximum Gasteiger partial charge on any atom is 0.490 e. The van der Waals surface area contributed by atoms with Crippen molar-refractivity contribution in [3.05, 3.63) is 23.3 Å². The van der Waals surface area contributed by atoms with Crippen LogP contribution in [0.3, 0.4) is 0 Å². The van der Waals surface area contributed by atoms with Gasteiger partial charge in [-0.05, 0) is 32.6 Å². The van der Waals surface area contributed by atoms with Gasteiger partial charge in [0.1, 0.15) is 35.3 Å². The number of anilines is 1. The number of alkyl halides is 6. The maximum absolute atomic E-state index is 13.6. The third-order valence-electron chi connectivity index (χ3n) is 5.95. The van der Waals surface area contributed by atoms with Gasteiger partial charge in [0.05, 0.1) is 17.1 Å². The van der Waals surface area contributed by atoms with Crippen LogP contribution in [0.4, 0.5) is 32.2 Å². The minimum Gasteiger partial charge on any atom is -0.475 e. The van der Waals surface area contributed by atoms with E-state index in [1.807, 2.05) is 0 Å². The molecule has 0 aromatic carbocycles. The summed E-state index contributed by atoms with van der Waals surface area (Å²) < 4.78 is 79.3. The highest BCUT2D eigenvalue weighted by Gasteiger charge is 2.43. The number of nitrogens with two attached hydrogens (primary N) is 1. The van der Waals surface area contributed by atoms with Gasteiger partial charge in [-0.3, -0.25) is 0 Å². The number of hydrogen-bond donors (Lipinski definition) is 3. The maximum atomic E-state index is 13.6. The molecule has 3 aromatic rings. The zero-order valence-electron chi connectivity index (χ0n) is 18.0. The molecule has 35 heavy (non-hydrogen) atoms. The summed E-state index contributed by atoms with van der Waals surface area (Å²) in [5.74, 6) is -1.86. The van der Waals surface area contributed by atoms with Crippen LogP contribution >= 0.6 is 0 Å². The van der Waals surface area contributed by atoms with Gasteiger partial charge >= 0.3 is 18.3 Å². The molecule has 190 valence electrons. The zero-order chi connectivity index (χ0) is 25.9. The second-order valence-corrected chi connectivity index (χ2v) is 8.31. The molecule has 2 aliphatic rings. The summed E-state index contributed by atoms with van der Waals surface area (Å²) in [6.07, 6.45) is -6.89. The molecule has 0 aliphatic heterocycles. The average molecular weight is 507 g/mol. The molecule has 1 fully saturated rings. The first-order valence-corrected chi connectivity index (χ1v) is 10.4. The van der Waals surface area contributed by atoms with Gasteiger partial charge in [-0.25, -0.2) is 14.8 Å². The minimum absolute atomic E-state index is 0.0766. The van der Waals surface area contributed by atoms with E-state index in [1.165, 1.54) is 0 Å². The van der Waals surface area contributed by atoms with Gasteiger partial charge in [0, 0.05) is 17.2 Å². The molecule has 2 aliphatic carbocycles. The predicted octanol–water partition coefficient (Wildman–Crippen LogP) is 4.28. The highest BCUT2D eigenvalue weighted by Crippen LogP contribution is 2.51. The number of halogens is 6. The zero-order valence-corrected chi connectivity index (χ0v) is 18.0. The van der Waals surface area contributed by atoms with E-state index in [-0.39, 0.29) is 30.2 Å². The third kappa shape index (κ3) is 4.39. The van der Waals surface area contributed by atoms with E-state index < -0.39 is 30.5 Å². The smallest absolute Gasteiger partial charge is 0.475 e. The number of aliphatic carboxylic acids is 1. The fraction of sp³-hybridized carbons (Fsp3) is 0.500. The van der Waals surface area contributed by atoms with Gasteiger partial charge in [-0.1, -0.05) is 5.16 Å². The summed E-state index contributed by atoms with van der Waals surface area (Å²) >= 11 is 0. The van der Waals surface area contributed by atoms with Crippen LogP contribution in [0.2, 0.25) is 0 Å². The van der Waals surface area contributed by atoms with E-state index in [0.29, 0.717) is 33.7 Å². The lowest BCUT2D eigenvalue weighted by Gasteiger charge is -2.21. The molecule has 0 unspecified atom stereocenters. The van der Waals surface area contributed by atoms with Crippen LogP contribution in [0.1, 0.15) is 61.3 Å². The van der Waals surface area contributed by atoms with Gasteiger partial charge in [-0.2, -0.15) is 26.3 Å². The molecule has 5 rings (SSSR count). The molecule has 1 saturated carbocycles.